The number of nitrogens with one attached hydrogen (secondary N) is 2. The lowest BCUT2D eigenvalue weighted by atomic mass is 10.0. The van der Waals surface area contributed by atoms with Crippen LogP contribution in [0.3, 0.4) is 0 Å². The number of sulfonamides is 1. The van der Waals surface area contributed by atoms with E-state index >= 15 is 0 Å². The highest BCUT2D eigenvalue weighted by molar-refractivity contribution is 7.90. The summed E-state index contributed by atoms with van der Waals surface area (Å²) in [7, 11) is -3.96. The molecule has 0 heterocycles. The summed E-state index contributed by atoms with van der Waals surface area (Å²) in [6.45, 7) is 1.73. The largest absolute Gasteiger partial charge is 0.481 e. The fraction of sp³-hybridized carbons (Fsp3) is 0.429. The minimum absolute atomic E-state index is 0.0229. The molecule has 1 unspecified atom stereocenters. The van der Waals surface area contributed by atoms with E-state index in [4.69, 9.17) is 5.11 Å². The van der Waals surface area contributed by atoms with E-state index in [-0.39, 0.29) is 17.4 Å². The lowest BCUT2D eigenvalue weighted by molar-refractivity contribution is -0.142. The molecule has 1 aromatic carbocycles. The molecule has 8 heteroatoms. The molecule has 2 amide bonds. The van der Waals surface area contributed by atoms with Gasteiger partial charge in [-0.1, -0.05) is 17.7 Å². The van der Waals surface area contributed by atoms with Crippen LogP contribution in [0.1, 0.15) is 18.4 Å². The Labute approximate surface area is 128 Å². The molecule has 1 aliphatic rings. The van der Waals surface area contributed by atoms with Gasteiger partial charge >= 0.3 is 12.0 Å². The van der Waals surface area contributed by atoms with E-state index in [0.717, 1.165) is 18.4 Å². The summed E-state index contributed by atoms with van der Waals surface area (Å²) in [4.78, 5) is 22.7. The molecule has 120 valence electrons. The number of aryl methyl sites for hydroxylation is 1. The number of carboxylic acid groups (broad SMARTS) is 1. The first kappa shape index (κ1) is 16.3. The van der Waals surface area contributed by atoms with Crippen molar-refractivity contribution in [3.05, 3.63) is 29.8 Å². The second-order valence-corrected chi connectivity index (χ2v) is 7.09. The van der Waals surface area contributed by atoms with Gasteiger partial charge in [-0.25, -0.2) is 17.9 Å². The number of hydrogen-bond donors (Lipinski definition) is 3. The van der Waals surface area contributed by atoms with Crippen molar-refractivity contribution in [2.24, 2.45) is 11.8 Å². The van der Waals surface area contributed by atoms with Crippen LogP contribution in [0, 0.1) is 18.8 Å². The average molecular weight is 326 g/mol. The first-order valence-electron chi connectivity index (χ1n) is 6.90. The molecule has 1 aliphatic carbocycles. The van der Waals surface area contributed by atoms with Gasteiger partial charge in [-0.3, -0.25) is 4.79 Å². The van der Waals surface area contributed by atoms with Crippen molar-refractivity contribution in [2.45, 2.75) is 24.7 Å². The highest BCUT2D eigenvalue weighted by Gasteiger charge is 2.36. The Hall–Kier alpha value is -2.09. The molecule has 0 radical (unpaired) electrons. The molecule has 0 aromatic heterocycles. The normalized spacial score (nSPS) is 15.9. The SMILES string of the molecule is Cc1ccc(S(=O)(=O)NC(=O)NCC(C(=O)O)C2CC2)cc1. The second kappa shape index (κ2) is 6.35. The summed E-state index contributed by atoms with van der Waals surface area (Å²) in [5.41, 5.74) is 0.900. The number of amides is 2. The molecule has 22 heavy (non-hydrogen) atoms. The van der Waals surface area contributed by atoms with Crippen molar-refractivity contribution in [1.29, 1.82) is 0 Å². The van der Waals surface area contributed by atoms with Crippen molar-refractivity contribution < 1.29 is 23.1 Å². The maximum absolute atomic E-state index is 12.0. The molecule has 1 atom stereocenters. The van der Waals surface area contributed by atoms with E-state index < -0.39 is 27.9 Å². The van der Waals surface area contributed by atoms with Crippen LogP contribution in [0.25, 0.3) is 0 Å². The number of carbonyl (C=O) groups is 2. The van der Waals surface area contributed by atoms with Gasteiger partial charge in [-0.2, -0.15) is 0 Å². The molecule has 7 nitrogen and oxygen atoms in total. The molecule has 0 bridgehead atoms. The minimum atomic E-state index is -3.96. The van der Waals surface area contributed by atoms with E-state index in [1.165, 1.54) is 12.1 Å². The van der Waals surface area contributed by atoms with Crippen LogP contribution >= 0.6 is 0 Å². The van der Waals surface area contributed by atoms with E-state index in [0.29, 0.717) is 0 Å². The quantitative estimate of drug-likeness (QED) is 0.724. The van der Waals surface area contributed by atoms with Gasteiger partial charge in [-0.15, -0.1) is 0 Å². The lowest BCUT2D eigenvalue weighted by Crippen LogP contribution is -2.42. The van der Waals surface area contributed by atoms with Crippen molar-refractivity contribution >= 4 is 22.0 Å². The first-order chi connectivity index (χ1) is 10.3. The highest BCUT2D eigenvalue weighted by Crippen LogP contribution is 2.36. The van der Waals surface area contributed by atoms with E-state index in [1.54, 1.807) is 12.1 Å². The monoisotopic (exact) mass is 326 g/mol. The van der Waals surface area contributed by atoms with Gasteiger partial charge in [0.1, 0.15) is 0 Å². The summed E-state index contributed by atoms with van der Waals surface area (Å²) in [5.74, 6) is -1.59. The molecule has 2 rings (SSSR count). The molecule has 0 aliphatic heterocycles. The number of hydrogen-bond acceptors (Lipinski definition) is 4. The Kier molecular flexibility index (Phi) is 4.70. The smallest absolute Gasteiger partial charge is 0.328 e. The third-order valence-electron chi connectivity index (χ3n) is 3.55. The summed E-state index contributed by atoms with van der Waals surface area (Å²) >= 11 is 0. The molecule has 1 fully saturated rings. The lowest BCUT2D eigenvalue weighted by Gasteiger charge is -2.13. The number of carboxylic acids is 1. The van der Waals surface area contributed by atoms with Crippen LogP contribution < -0.4 is 10.0 Å². The Morgan fingerprint density at radius 3 is 2.36 bits per heavy atom. The van der Waals surface area contributed by atoms with Crippen molar-refractivity contribution in [1.82, 2.24) is 10.0 Å². The maximum Gasteiger partial charge on any atom is 0.328 e. The van der Waals surface area contributed by atoms with E-state index in [2.05, 4.69) is 5.32 Å². The standard InChI is InChI=1S/C14H18N2O5S/c1-9-2-6-11(7-3-9)22(20,21)16-14(19)15-8-12(13(17)18)10-4-5-10/h2-3,6-7,10,12H,4-5,8H2,1H3,(H,17,18)(H2,15,16,19). The fourth-order valence-corrected chi connectivity index (χ4v) is 3.02. The minimum Gasteiger partial charge on any atom is -0.481 e. The predicted octanol–water partition coefficient (Wildman–Crippen LogP) is 1.09. The molecule has 3 N–H and O–H groups in total. The molecule has 1 aromatic rings. The Bertz CT molecular complexity index is 665. The van der Waals surface area contributed by atoms with Gasteiger partial charge in [0.05, 0.1) is 10.8 Å². The predicted molar refractivity (Wildman–Crippen MR) is 78.7 cm³/mol. The maximum atomic E-state index is 12.0. The van der Waals surface area contributed by atoms with Gasteiger partial charge in [0.2, 0.25) is 0 Å². The number of carbonyl (C=O) groups excluding carboxylic acids is 1. The van der Waals surface area contributed by atoms with Gasteiger partial charge < -0.3 is 10.4 Å². The van der Waals surface area contributed by atoms with Crippen LogP contribution in [0.2, 0.25) is 0 Å². The Morgan fingerprint density at radius 2 is 1.86 bits per heavy atom. The zero-order valence-corrected chi connectivity index (χ0v) is 12.9. The van der Waals surface area contributed by atoms with Crippen molar-refractivity contribution in [3.8, 4) is 0 Å². The highest BCUT2D eigenvalue weighted by atomic mass is 32.2. The third-order valence-corrected chi connectivity index (χ3v) is 4.90. The Balaban J connectivity index is 1.93. The van der Waals surface area contributed by atoms with Crippen LogP contribution in [-0.4, -0.2) is 32.1 Å². The third kappa shape index (κ3) is 4.20. The Morgan fingerprint density at radius 1 is 1.27 bits per heavy atom. The second-order valence-electron chi connectivity index (χ2n) is 5.41. The molecule has 1 saturated carbocycles. The van der Waals surface area contributed by atoms with Gasteiger partial charge in [0.15, 0.2) is 0 Å². The summed E-state index contributed by atoms with van der Waals surface area (Å²) < 4.78 is 25.9. The van der Waals surface area contributed by atoms with Gasteiger partial charge in [0.25, 0.3) is 10.0 Å². The first-order valence-corrected chi connectivity index (χ1v) is 8.38. The molecule has 0 saturated heterocycles. The van der Waals surface area contributed by atoms with Crippen LogP contribution in [0.15, 0.2) is 29.2 Å². The zero-order chi connectivity index (χ0) is 16.3. The zero-order valence-electron chi connectivity index (χ0n) is 12.1. The van der Waals surface area contributed by atoms with E-state index in [9.17, 15) is 18.0 Å². The van der Waals surface area contributed by atoms with Gasteiger partial charge in [0, 0.05) is 6.54 Å². The summed E-state index contributed by atoms with van der Waals surface area (Å²) in [6.07, 6.45) is 1.64. The summed E-state index contributed by atoms with van der Waals surface area (Å²) in [5, 5.41) is 11.4. The number of urea groups is 1. The fourth-order valence-electron chi connectivity index (χ4n) is 2.09. The van der Waals surface area contributed by atoms with Gasteiger partial charge in [-0.05, 0) is 37.8 Å². The van der Waals surface area contributed by atoms with Crippen LogP contribution in [0.5, 0.6) is 0 Å². The molecule has 0 spiro atoms. The molecular formula is C14H18N2O5S. The van der Waals surface area contributed by atoms with Crippen molar-refractivity contribution in [2.75, 3.05) is 6.54 Å². The van der Waals surface area contributed by atoms with E-state index in [1.807, 2.05) is 11.6 Å². The molecular weight excluding hydrogens is 308 g/mol. The summed E-state index contributed by atoms with van der Waals surface area (Å²) in [6, 6.07) is 5.12. The average Bonchev–Trinajstić information content (AvgIpc) is 3.23. The number of benzene rings is 1. The number of rotatable bonds is 6. The van der Waals surface area contributed by atoms with Crippen LogP contribution in [-0.2, 0) is 14.8 Å². The van der Waals surface area contributed by atoms with Crippen molar-refractivity contribution in [3.63, 3.8) is 0 Å². The topological polar surface area (TPSA) is 113 Å². The van der Waals surface area contributed by atoms with Crippen LogP contribution in [0.4, 0.5) is 4.79 Å². The number of aliphatic carboxylic acids is 1.